The Hall–Kier alpha value is -1.75. The van der Waals surface area contributed by atoms with Crippen molar-refractivity contribution in [2.75, 3.05) is 0 Å². The summed E-state index contributed by atoms with van der Waals surface area (Å²) in [6, 6.07) is 25.2. The summed E-state index contributed by atoms with van der Waals surface area (Å²) < 4.78 is 40.6. The van der Waals surface area contributed by atoms with E-state index in [1.54, 1.807) is 91.0 Å². The van der Waals surface area contributed by atoms with Gasteiger partial charge in [-0.15, -0.1) is 0 Å². The maximum atomic E-state index is 14.5. The summed E-state index contributed by atoms with van der Waals surface area (Å²) in [6.07, 6.45) is 0. The van der Waals surface area contributed by atoms with Crippen LogP contribution in [0.4, 0.5) is 13.2 Å². The monoisotopic (exact) mass is 420 g/mol. The van der Waals surface area contributed by atoms with Crippen molar-refractivity contribution < 1.29 is 13.2 Å². The molecule has 0 amide bonds. The Morgan fingerprint density at radius 2 is 0.739 bits per heavy atom. The van der Waals surface area contributed by atoms with E-state index in [4.69, 9.17) is 0 Å². The van der Waals surface area contributed by atoms with Gasteiger partial charge in [-0.3, -0.25) is 0 Å². The van der Waals surface area contributed by atoms with Gasteiger partial charge in [0.2, 0.25) is 0 Å². The second kappa shape index (κ2) is 6.40. The molecule has 0 aliphatic rings. The second-order valence-corrected chi connectivity index (χ2v) is 16.2. The fourth-order valence-electron chi connectivity index (χ4n) is 3.06. The molecule has 0 aliphatic carbocycles. The molecule has 3 aromatic rings. The predicted molar refractivity (Wildman–Crippen MR) is 90.0 cm³/mol. The molecule has 0 saturated carbocycles. The molecule has 0 heterocycles. The van der Waals surface area contributed by atoms with Crippen LogP contribution < -0.4 is 10.7 Å². The van der Waals surface area contributed by atoms with Crippen molar-refractivity contribution in [1.29, 1.82) is 0 Å². The fraction of sp³-hybridized carbons (Fsp3) is 0.0526. The molecule has 0 aromatic heterocycles. The zero-order valence-electron chi connectivity index (χ0n) is 12.3. The van der Waals surface area contributed by atoms with Crippen LogP contribution in [0.15, 0.2) is 91.0 Å². The van der Waals surface area contributed by atoms with Crippen LogP contribution in [0.5, 0.6) is 0 Å². The molecule has 0 atom stereocenters. The van der Waals surface area contributed by atoms with Gasteiger partial charge in [-0.2, -0.15) is 0 Å². The number of benzene rings is 3. The Morgan fingerprint density at radius 3 is 0.957 bits per heavy atom. The third-order valence-electron chi connectivity index (χ3n) is 4.05. The summed E-state index contributed by atoms with van der Waals surface area (Å²) in [5, 5.41) is 0. The Kier molecular flexibility index (Phi) is 4.48. The third-order valence-corrected chi connectivity index (χ3v) is 16.7. The average molecular weight is 419 g/mol. The molecule has 23 heavy (non-hydrogen) atoms. The first-order chi connectivity index (χ1) is 11.1. The van der Waals surface area contributed by atoms with Crippen LogP contribution in [0.1, 0.15) is 0 Å². The van der Waals surface area contributed by atoms with Gasteiger partial charge in [0.25, 0.3) is 0 Å². The van der Waals surface area contributed by atoms with E-state index in [1.165, 1.54) is 0 Å². The van der Waals surface area contributed by atoms with Crippen molar-refractivity contribution >= 4 is 29.1 Å². The number of alkyl halides is 3. The first-order valence-corrected chi connectivity index (χ1v) is 13.0. The minimum atomic E-state index is -5.12. The van der Waals surface area contributed by atoms with E-state index >= 15 is 0 Å². The zero-order valence-corrected chi connectivity index (χ0v) is 15.1. The topological polar surface area (TPSA) is 0 Å². The fourth-order valence-corrected chi connectivity index (χ4v) is 14.6. The number of hydrogen-bond acceptors (Lipinski definition) is 0. The van der Waals surface area contributed by atoms with Crippen LogP contribution in [0.2, 0.25) is 0 Å². The molecule has 116 valence electrons. The van der Waals surface area contributed by atoms with E-state index < -0.39 is 22.6 Å². The molecule has 0 saturated heterocycles. The number of rotatable bonds is 3. The molecular weight excluding hydrogens is 404 g/mol. The van der Waals surface area contributed by atoms with Gasteiger partial charge in [0.05, 0.1) is 0 Å². The number of hydrogen-bond donors (Lipinski definition) is 0. The van der Waals surface area contributed by atoms with Crippen molar-refractivity contribution in [3.63, 3.8) is 0 Å². The molecule has 0 N–H and O–H groups in total. The van der Waals surface area contributed by atoms with Gasteiger partial charge >= 0.3 is 137 Å². The quantitative estimate of drug-likeness (QED) is 0.573. The van der Waals surface area contributed by atoms with Crippen molar-refractivity contribution in [1.82, 2.24) is 0 Å². The van der Waals surface area contributed by atoms with Crippen LogP contribution >= 0.6 is 0 Å². The van der Waals surface area contributed by atoms with E-state index in [2.05, 4.69) is 0 Å². The molecule has 0 nitrogen and oxygen atoms in total. The molecule has 0 fully saturated rings. The van der Waals surface area contributed by atoms with Crippen molar-refractivity contribution in [2.24, 2.45) is 0 Å². The van der Waals surface area contributed by atoms with Crippen LogP contribution in [0, 0.1) is 0 Å². The summed E-state index contributed by atoms with van der Waals surface area (Å²) in [7, 11) is 0. The van der Waals surface area contributed by atoms with Crippen LogP contribution in [-0.2, 0) is 0 Å². The predicted octanol–water partition coefficient (Wildman–Crippen LogP) is 3.26. The normalized spacial score (nSPS) is 12.1. The van der Waals surface area contributed by atoms with Gasteiger partial charge in [-0.1, -0.05) is 0 Å². The average Bonchev–Trinajstić information content (AvgIpc) is 2.57. The molecule has 0 aliphatic heterocycles. The van der Waals surface area contributed by atoms with E-state index in [0.717, 1.165) is 0 Å². The molecule has 0 bridgehead atoms. The van der Waals surface area contributed by atoms with Gasteiger partial charge < -0.3 is 0 Å². The van der Waals surface area contributed by atoms with Gasteiger partial charge in [-0.05, 0) is 0 Å². The zero-order chi connectivity index (χ0) is 16.3. The van der Waals surface area contributed by atoms with E-state index in [9.17, 15) is 13.2 Å². The molecule has 0 spiro atoms. The van der Waals surface area contributed by atoms with E-state index in [-0.39, 0.29) is 0 Å². The standard InChI is InChI=1S/3C6H5.CF3.Sn/c3*1-2-4-6-5-3-1;2-1(3)4;/h3*1-5H;;. The molecule has 4 heteroatoms. The minimum absolute atomic E-state index is 0.423. The van der Waals surface area contributed by atoms with E-state index in [1.807, 2.05) is 0 Å². The van der Waals surface area contributed by atoms with Gasteiger partial charge in [0.15, 0.2) is 0 Å². The summed E-state index contributed by atoms with van der Waals surface area (Å²) in [4.78, 5) is 0. The Morgan fingerprint density at radius 1 is 0.478 bits per heavy atom. The van der Waals surface area contributed by atoms with Crippen LogP contribution in [-0.4, -0.2) is 22.6 Å². The second-order valence-electron chi connectivity index (χ2n) is 5.35. The summed E-state index contributed by atoms with van der Waals surface area (Å²) in [6.45, 7) is 0. The van der Waals surface area contributed by atoms with Crippen molar-refractivity contribution in [3.8, 4) is 0 Å². The van der Waals surface area contributed by atoms with Crippen LogP contribution in [0.25, 0.3) is 0 Å². The van der Waals surface area contributed by atoms with Crippen LogP contribution in [0.3, 0.4) is 0 Å². The van der Waals surface area contributed by atoms with Gasteiger partial charge in [0, 0.05) is 0 Å². The Labute approximate surface area is 137 Å². The summed E-state index contributed by atoms with van der Waals surface area (Å²) >= 11 is -5.12. The van der Waals surface area contributed by atoms with Crippen molar-refractivity contribution in [2.45, 2.75) is 4.19 Å². The molecule has 3 rings (SSSR count). The first-order valence-electron chi connectivity index (χ1n) is 7.30. The van der Waals surface area contributed by atoms with Gasteiger partial charge in [-0.25, -0.2) is 0 Å². The third kappa shape index (κ3) is 2.78. The molecular formula is C19H15F3Sn. The summed E-state index contributed by atoms with van der Waals surface area (Å²) in [5.74, 6) is 0. The van der Waals surface area contributed by atoms with Crippen molar-refractivity contribution in [3.05, 3.63) is 91.0 Å². The first kappa shape index (κ1) is 16.1. The van der Waals surface area contributed by atoms with Gasteiger partial charge in [0.1, 0.15) is 0 Å². The Balaban J connectivity index is 2.41. The summed E-state index contributed by atoms with van der Waals surface area (Å²) in [5.41, 5.74) is 0. The maximum absolute atomic E-state index is 14.5. The molecule has 3 aromatic carbocycles. The molecule has 0 unspecified atom stereocenters. The van der Waals surface area contributed by atoms with E-state index in [0.29, 0.717) is 10.7 Å². The molecule has 0 radical (unpaired) electrons. The SMILES string of the molecule is F[C](F)(F)[Sn]([c]1ccccc1)([c]1ccccc1)[c]1ccccc1. The Bertz CT molecular complexity index is 656. The number of halogens is 3.